The topological polar surface area (TPSA) is 48.1 Å². The van der Waals surface area contributed by atoms with Gasteiger partial charge in [-0.25, -0.2) is 0 Å². The number of benzene rings is 3. The summed E-state index contributed by atoms with van der Waals surface area (Å²) in [5.74, 6) is 0. The predicted octanol–water partition coefficient (Wildman–Crippen LogP) is 2.41. The molecule has 4 heteroatoms. The summed E-state index contributed by atoms with van der Waals surface area (Å²) < 4.78 is 0. The van der Waals surface area contributed by atoms with Crippen LogP contribution < -0.4 is 21.3 Å². The SMILES string of the molecule is c1ccc2c(c1)ccc1ccc(C3CNCCNCCNCCN3)cc12. The molecule has 0 spiro atoms. The fraction of sp³-hybridized carbons (Fsp3) is 0.364. The van der Waals surface area contributed by atoms with Crippen molar-refractivity contribution in [1.82, 2.24) is 21.3 Å². The fourth-order valence-electron chi connectivity index (χ4n) is 3.73. The van der Waals surface area contributed by atoms with Crippen molar-refractivity contribution in [2.45, 2.75) is 6.04 Å². The molecule has 0 saturated carbocycles. The number of hydrogen-bond acceptors (Lipinski definition) is 4. The first-order chi connectivity index (χ1) is 12.9. The molecule has 136 valence electrons. The van der Waals surface area contributed by atoms with Crippen LogP contribution >= 0.6 is 0 Å². The summed E-state index contributed by atoms with van der Waals surface area (Å²) in [4.78, 5) is 0. The third-order valence-corrected chi connectivity index (χ3v) is 5.17. The first-order valence-electron chi connectivity index (χ1n) is 9.69. The minimum Gasteiger partial charge on any atom is -0.314 e. The van der Waals surface area contributed by atoms with Crippen LogP contribution in [0.1, 0.15) is 11.6 Å². The zero-order valence-electron chi connectivity index (χ0n) is 15.2. The monoisotopic (exact) mass is 348 g/mol. The molecule has 1 aliphatic rings. The van der Waals surface area contributed by atoms with E-state index in [4.69, 9.17) is 0 Å². The largest absolute Gasteiger partial charge is 0.314 e. The highest BCUT2D eigenvalue weighted by molar-refractivity contribution is 6.07. The quantitative estimate of drug-likeness (QED) is 0.510. The fourth-order valence-corrected chi connectivity index (χ4v) is 3.73. The lowest BCUT2D eigenvalue weighted by Gasteiger charge is -2.22. The zero-order valence-corrected chi connectivity index (χ0v) is 15.2. The van der Waals surface area contributed by atoms with Gasteiger partial charge in [0.15, 0.2) is 0 Å². The van der Waals surface area contributed by atoms with Crippen molar-refractivity contribution in [2.24, 2.45) is 0 Å². The molecular formula is C22H28N4. The van der Waals surface area contributed by atoms with Crippen molar-refractivity contribution >= 4 is 21.5 Å². The van der Waals surface area contributed by atoms with Gasteiger partial charge < -0.3 is 21.3 Å². The highest BCUT2D eigenvalue weighted by Gasteiger charge is 2.12. The first-order valence-corrected chi connectivity index (χ1v) is 9.69. The van der Waals surface area contributed by atoms with Crippen molar-refractivity contribution < 1.29 is 0 Å². The molecule has 1 atom stereocenters. The van der Waals surface area contributed by atoms with E-state index in [0.29, 0.717) is 6.04 Å². The Morgan fingerprint density at radius 2 is 1.27 bits per heavy atom. The first kappa shape index (κ1) is 17.4. The summed E-state index contributed by atoms with van der Waals surface area (Å²) in [6.45, 7) is 6.97. The van der Waals surface area contributed by atoms with Crippen molar-refractivity contribution in [2.75, 3.05) is 45.8 Å². The molecule has 3 aromatic carbocycles. The van der Waals surface area contributed by atoms with Gasteiger partial charge in [-0.15, -0.1) is 0 Å². The molecule has 4 rings (SSSR count). The summed E-state index contributed by atoms with van der Waals surface area (Å²) in [5.41, 5.74) is 1.35. The van der Waals surface area contributed by atoms with Crippen LogP contribution in [0.4, 0.5) is 0 Å². The second-order valence-corrected chi connectivity index (χ2v) is 6.98. The van der Waals surface area contributed by atoms with Gasteiger partial charge in [0.25, 0.3) is 0 Å². The Labute approximate surface area is 155 Å². The molecule has 1 aliphatic heterocycles. The summed E-state index contributed by atoms with van der Waals surface area (Å²) in [5, 5.41) is 19.5. The third kappa shape index (κ3) is 4.05. The van der Waals surface area contributed by atoms with Gasteiger partial charge in [0.1, 0.15) is 0 Å². The Bertz CT molecular complexity index is 849. The molecule has 1 unspecified atom stereocenters. The number of nitrogens with one attached hydrogen (secondary N) is 4. The second kappa shape index (κ2) is 8.60. The molecule has 0 aliphatic carbocycles. The zero-order chi connectivity index (χ0) is 17.6. The van der Waals surface area contributed by atoms with Crippen molar-refractivity contribution in [3.05, 3.63) is 60.2 Å². The van der Waals surface area contributed by atoms with Crippen LogP contribution in [0.5, 0.6) is 0 Å². The van der Waals surface area contributed by atoms with E-state index in [1.807, 2.05) is 0 Å². The Kier molecular flexibility index (Phi) is 5.77. The van der Waals surface area contributed by atoms with E-state index < -0.39 is 0 Å². The maximum Gasteiger partial charge on any atom is 0.0447 e. The van der Waals surface area contributed by atoms with Crippen LogP contribution in [0.2, 0.25) is 0 Å². The molecule has 1 heterocycles. The molecule has 1 saturated heterocycles. The molecule has 4 nitrogen and oxygen atoms in total. The van der Waals surface area contributed by atoms with Gasteiger partial charge in [-0.3, -0.25) is 0 Å². The van der Waals surface area contributed by atoms with E-state index in [2.05, 4.69) is 75.9 Å². The molecule has 1 fully saturated rings. The van der Waals surface area contributed by atoms with Crippen molar-refractivity contribution in [3.8, 4) is 0 Å². The van der Waals surface area contributed by atoms with Gasteiger partial charge in [0.2, 0.25) is 0 Å². The lowest BCUT2D eigenvalue weighted by Crippen LogP contribution is -2.41. The van der Waals surface area contributed by atoms with Crippen LogP contribution in [0.3, 0.4) is 0 Å². The Morgan fingerprint density at radius 1 is 0.615 bits per heavy atom. The standard InChI is InChI=1S/C22H28N4/c1-2-4-20-17(3-1)5-6-18-7-8-19(15-21(18)20)22-16-25-12-11-23-9-10-24-13-14-26-22/h1-8,15,22-26H,9-14,16H2. The molecular weight excluding hydrogens is 320 g/mol. The number of rotatable bonds is 1. The number of hydrogen-bond donors (Lipinski definition) is 4. The predicted molar refractivity (Wildman–Crippen MR) is 111 cm³/mol. The highest BCUT2D eigenvalue weighted by Crippen LogP contribution is 2.28. The van der Waals surface area contributed by atoms with Crippen LogP contribution in [0.25, 0.3) is 21.5 Å². The van der Waals surface area contributed by atoms with E-state index in [-0.39, 0.29) is 0 Å². The summed E-state index contributed by atoms with van der Waals surface area (Å²) >= 11 is 0. The highest BCUT2D eigenvalue weighted by atomic mass is 15.0. The lowest BCUT2D eigenvalue weighted by molar-refractivity contribution is 0.464. The minimum atomic E-state index is 0.319. The van der Waals surface area contributed by atoms with Gasteiger partial charge >= 0.3 is 0 Å². The summed E-state index contributed by atoms with van der Waals surface area (Å²) in [6, 6.07) is 20.3. The van der Waals surface area contributed by atoms with Crippen LogP contribution in [-0.4, -0.2) is 45.8 Å². The van der Waals surface area contributed by atoms with Crippen LogP contribution in [0, 0.1) is 0 Å². The maximum atomic E-state index is 3.72. The average molecular weight is 348 g/mol. The van der Waals surface area contributed by atoms with Crippen molar-refractivity contribution in [3.63, 3.8) is 0 Å². The van der Waals surface area contributed by atoms with E-state index in [1.165, 1.54) is 27.1 Å². The van der Waals surface area contributed by atoms with E-state index in [1.54, 1.807) is 0 Å². The van der Waals surface area contributed by atoms with E-state index in [9.17, 15) is 0 Å². The third-order valence-electron chi connectivity index (χ3n) is 5.17. The smallest absolute Gasteiger partial charge is 0.0447 e. The Hall–Kier alpha value is -1.98. The molecule has 0 bridgehead atoms. The van der Waals surface area contributed by atoms with Gasteiger partial charge in [0, 0.05) is 51.9 Å². The average Bonchev–Trinajstić information content (AvgIpc) is 2.68. The minimum absolute atomic E-state index is 0.319. The molecule has 26 heavy (non-hydrogen) atoms. The Balaban J connectivity index is 1.63. The van der Waals surface area contributed by atoms with Gasteiger partial charge in [-0.2, -0.15) is 0 Å². The summed E-state index contributed by atoms with van der Waals surface area (Å²) in [7, 11) is 0. The molecule has 0 radical (unpaired) electrons. The Morgan fingerprint density at radius 3 is 2.12 bits per heavy atom. The van der Waals surface area contributed by atoms with Crippen LogP contribution in [0.15, 0.2) is 54.6 Å². The summed E-state index contributed by atoms with van der Waals surface area (Å²) in [6.07, 6.45) is 0. The molecule has 0 aromatic heterocycles. The van der Waals surface area contributed by atoms with Gasteiger partial charge in [-0.1, -0.05) is 48.5 Å². The van der Waals surface area contributed by atoms with E-state index in [0.717, 1.165) is 45.8 Å². The van der Waals surface area contributed by atoms with Crippen LogP contribution in [-0.2, 0) is 0 Å². The maximum absolute atomic E-state index is 3.72. The van der Waals surface area contributed by atoms with Gasteiger partial charge in [-0.05, 0) is 33.2 Å². The second-order valence-electron chi connectivity index (χ2n) is 6.98. The molecule has 0 amide bonds. The molecule has 3 aromatic rings. The van der Waals surface area contributed by atoms with Gasteiger partial charge in [0.05, 0.1) is 0 Å². The lowest BCUT2D eigenvalue weighted by atomic mass is 9.97. The number of fused-ring (bicyclic) bond motifs is 3. The molecule has 4 N–H and O–H groups in total. The normalized spacial score (nSPS) is 20.5. The van der Waals surface area contributed by atoms with E-state index >= 15 is 0 Å². The van der Waals surface area contributed by atoms with Crippen molar-refractivity contribution in [1.29, 1.82) is 0 Å².